The van der Waals surface area contributed by atoms with E-state index in [0.717, 1.165) is 31.5 Å². The van der Waals surface area contributed by atoms with Gasteiger partial charge in [0, 0.05) is 6.54 Å². The van der Waals surface area contributed by atoms with Gasteiger partial charge in [-0.15, -0.1) is 0 Å². The van der Waals surface area contributed by atoms with E-state index in [9.17, 15) is 9.18 Å². The Balaban J connectivity index is 2.01. The molecule has 4 nitrogen and oxygen atoms in total. The number of rotatable bonds is 4. The quantitative estimate of drug-likeness (QED) is 0.861. The van der Waals surface area contributed by atoms with Crippen LogP contribution in [0.3, 0.4) is 0 Å². The smallest absolute Gasteiger partial charge is 0.255 e. The number of anilines is 1. The predicted molar refractivity (Wildman–Crippen MR) is 67.5 cm³/mol. The topological polar surface area (TPSA) is 68.0 Å². The molecule has 1 aliphatic carbocycles. The third-order valence-corrected chi connectivity index (χ3v) is 3.92. The number of halogens is 1. The molecule has 1 aromatic rings. The summed E-state index contributed by atoms with van der Waals surface area (Å²) >= 11 is 0. The van der Waals surface area contributed by atoms with Crippen LogP contribution in [0.2, 0.25) is 0 Å². The first-order chi connectivity index (χ1) is 8.56. The number of hydrogen-bond donors (Lipinski definition) is 2. The number of carbonyl (C=O) groups excluding carboxylic acids is 1. The summed E-state index contributed by atoms with van der Waals surface area (Å²) in [5, 5.41) is 2.84. The van der Waals surface area contributed by atoms with E-state index in [2.05, 4.69) is 17.2 Å². The van der Waals surface area contributed by atoms with Crippen molar-refractivity contribution in [3.05, 3.63) is 23.6 Å². The maximum Gasteiger partial charge on any atom is 0.255 e. The molecular weight excluding hydrogens is 233 g/mol. The first-order valence-electron chi connectivity index (χ1n) is 6.25. The molecule has 1 fully saturated rings. The number of nitrogens with one attached hydrogen (secondary N) is 1. The second kappa shape index (κ2) is 4.92. The van der Waals surface area contributed by atoms with Gasteiger partial charge in [-0.2, -0.15) is 0 Å². The van der Waals surface area contributed by atoms with E-state index < -0.39 is 5.82 Å². The number of nitrogens with two attached hydrogens (primary N) is 1. The highest BCUT2D eigenvalue weighted by Gasteiger charge is 2.35. The zero-order valence-electron chi connectivity index (χ0n) is 10.5. The molecule has 0 atom stereocenters. The van der Waals surface area contributed by atoms with Gasteiger partial charge in [0.25, 0.3) is 5.91 Å². The van der Waals surface area contributed by atoms with Crippen LogP contribution in [0.25, 0.3) is 0 Å². The van der Waals surface area contributed by atoms with Crippen LogP contribution in [0, 0.1) is 11.2 Å². The van der Waals surface area contributed by atoms with Crippen LogP contribution in [-0.4, -0.2) is 17.4 Å². The van der Waals surface area contributed by atoms with Crippen LogP contribution in [0.4, 0.5) is 10.2 Å². The molecule has 98 valence electrons. The summed E-state index contributed by atoms with van der Waals surface area (Å²) in [5.41, 5.74) is 5.91. The largest absolute Gasteiger partial charge is 0.383 e. The number of amides is 1. The molecule has 1 saturated carbocycles. The zero-order chi connectivity index (χ0) is 13.2. The van der Waals surface area contributed by atoms with Gasteiger partial charge in [0.15, 0.2) is 0 Å². The lowest BCUT2D eigenvalue weighted by atomic mass is 9.67. The highest BCUT2D eigenvalue weighted by atomic mass is 19.1. The van der Waals surface area contributed by atoms with Crippen molar-refractivity contribution >= 4 is 11.7 Å². The van der Waals surface area contributed by atoms with Gasteiger partial charge in [-0.05, 0) is 30.7 Å². The Morgan fingerprint density at radius 3 is 2.89 bits per heavy atom. The highest BCUT2D eigenvalue weighted by Crippen LogP contribution is 2.43. The van der Waals surface area contributed by atoms with E-state index in [1.807, 2.05) is 0 Å². The summed E-state index contributed by atoms with van der Waals surface area (Å²) in [6.45, 7) is 2.75. The molecule has 0 spiro atoms. The molecule has 18 heavy (non-hydrogen) atoms. The molecule has 0 radical (unpaired) electrons. The summed E-state index contributed by atoms with van der Waals surface area (Å²) in [6.07, 6.45) is 5.55. The van der Waals surface area contributed by atoms with Gasteiger partial charge in [-0.1, -0.05) is 13.3 Å². The molecule has 0 aliphatic heterocycles. The van der Waals surface area contributed by atoms with Crippen molar-refractivity contribution in [2.75, 3.05) is 12.3 Å². The Kier molecular flexibility index (Phi) is 3.50. The van der Waals surface area contributed by atoms with Crippen LogP contribution >= 0.6 is 0 Å². The standard InChI is InChI=1S/C13H18FN3O/c1-2-13(4-3-5-13)8-17-12(18)10-6-9(14)7-16-11(10)15/h6-7H,2-5,8H2,1H3,(H2,15,16)(H,17,18). The van der Waals surface area contributed by atoms with Crippen molar-refractivity contribution in [2.45, 2.75) is 32.6 Å². The van der Waals surface area contributed by atoms with Gasteiger partial charge < -0.3 is 11.1 Å². The molecule has 2 rings (SSSR count). The third kappa shape index (κ3) is 2.44. The maximum absolute atomic E-state index is 13.0. The minimum Gasteiger partial charge on any atom is -0.383 e. The van der Waals surface area contributed by atoms with Crippen LogP contribution < -0.4 is 11.1 Å². The lowest BCUT2D eigenvalue weighted by molar-refractivity contribution is 0.0850. The monoisotopic (exact) mass is 251 g/mol. The van der Waals surface area contributed by atoms with Crippen LogP contribution in [0.1, 0.15) is 43.0 Å². The first-order valence-corrected chi connectivity index (χ1v) is 6.25. The lowest BCUT2D eigenvalue weighted by Crippen LogP contribution is -2.41. The number of pyridine rings is 1. The number of nitrogen functional groups attached to an aromatic ring is 1. The molecule has 1 heterocycles. The molecule has 3 N–H and O–H groups in total. The van der Waals surface area contributed by atoms with Crippen molar-refractivity contribution in [3.8, 4) is 0 Å². The van der Waals surface area contributed by atoms with Crippen LogP contribution in [0.15, 0.2) is 12.3 Å². The van der Waals surface area contributed by atoms with E-state index in [1.54, 1.807) is 0 Å². The molecule has 1 aromatic heterocycles. The van der Waals surface area contributed by atoms with Crippen LogP contribution in [0.5, 0.6) is 0 Å². The number of aromatic nitrogens is 1. The maximum atomic E-state index is 13.0. The van der Waals surface area contributed by atoms with E-state index in [0.29, 0.717) is 6.54 Å². The Morgan fingerprint density at radius 1 is 1.61 bits per heavy atom. The molecule has 1 aliphatic rings. The summed E-state index contributed by atoms with van der Waals surface area (Å²) in [5.74, 6) is -0.838. The molecule has 5 heteroatoms. The summed E-state index contributed by atoms with van der Waals surface area (Å²) in [7, 11) is 0. The molecule has 0 saturated heterocycles. The molecule has 0 bridgehead atoms. The summed E-state index contributed by atoms with van der Waals surface area (Å²) in [6, 6.07) is 1.12. The second-order valence-electron chi connectivity index (χ2n) is 4.98. The van der Waals surface area contributed by atoms with Gasteiger partial charge in [-0.25, -0.2) is 9.37 Å². The van der Waals surface area contributed by atoms with Crippen molar-refractivity contribution < 1.29 is 9.18 Å². The summed E-state index contributed by atoms with van der Waals surface area (Å²) in [4.78, 5) is 15.6. The van der Waals surface area contributed by atoms with Crippen molar-refractivity contribution in [1.29, 1.82) is 0 Å². The molecular formula is C13H18FN3O. The average molecular weight is 251 g/mol. The van der Waals surface area contributed by atoms with E-state index in [4.69, 9.17) is 5.73 Å². The van der Waals surface area contributed by atoms with Gasteiger partial charge in [-0.3, -0.25) is 4.79 Å². The Bertz CT molecular complexity index is 452. The van der Waals surface area contributed by atoms with Gasteiger partial charge in [0.2, 0.25) is 0 Å². The normalized spacial score (nSPS) is 17.0. The average Bonchev–Trinajstić information content (AvgIpc) is 2.31. The highest BCUT2D eigenvalue weighted by molar-refractivity contribution is 5.98. The fourth-order valence-corrected chi connectivity index (χ4v) is 2.33. The van der Waals surface area contributed by atoms with Gasteiger partial charge in [0.05, 0.1) is 11.8 Å². The van der Waals surface area contributed by atoms with Gasteiger partial charge in [0.1, 0.15) is 11.6 Å². The molecule has 0 aromatic carbocycles. The van der Waals surface area contributed by atoms with Crippen molar-refractivity contribution in [3.63, 3.8) is 0 Å². The fourth-order valence-electron chi connectivity index (χ4n) is 2.33. The van der Waals surface area contributed by atoms with E-state index in [-0.39, 0.29) is 22.7 Å². The fraction of sp³-hybridized carbons (Fsp3) is 0.538. The minimum atomic E-state index is -0.553. The molecule has 0 unspecified atom stereocenters. The van der Waals surface area contributed by atoms with Crippen molar-refractivity contribution in [2.24, 2.45) is 5.41 Å². The van der Waals surface area contributed by atoms with Crippen molar-refractivity contribution in [1.82, 2.24) is 10.3 Å². The zero-order valence-corrected chi connectivity index (χ0v) is 10.5. The minimum absolute atomic E-state index is 0.0630. The van der Waals surface area contributed by atoms with Gasteiger partial charge >= 0.3 is 0 Å². The Morgan fingerprint density at radius 2 is 2.33 bits per heavy atom. The SMILES string of the molecule is CCC1(CNC(=O)c2cc(F)cnc2N)CCC1. The van der Waals surface area contributed by atoms with Crippen LogP contribution in [-0.2, 0) is 0 Å². The summed E-state index contributed by atoms with van der Waals surface area (Å²) < 4.78 is 13.0. The predicted octanol–water partition coefficient (Wildman–Crippen LogP) is 2.11. The second-order valence-corrected chi connectivity index (χ2v) is 4.98. The third-order valence-electron chi connectivity index (χ3n) is 3.92. The molecule has 1 amide bonds. The van der Waals surface area contributed by atoms with E-state index in [1.165, 1.54) is 6.42 Å². The van der Waals surface area contributed by atoms with E-state index >= 15 is 0 Å². The first kappa shape index (κ1) is 12.8. The number of nitrogens with zero attached hydrogens (tertiary/aromatic N) is 1. The number of hydrogen-bond acceptors (Lipinski definition) is 3. The number of carbonyl (C=O) groups is 1. The Hall–Kier alpha value is -1.65. The lowest BCUT2D eigenvalue weighted by Gasteiger charge is -2.41. The Labute approximate surface area is 106 Å².